The Morgan fingerprint density at radius 3 is 2.81 bits per heavy atom. The lowest BCUT2D eigenvalue weighted by Crippen LogP contribution is -2.35. The summed E-state index contributed by atoms with van der Waals surface area (Å²) in [4.78, 5) is 11.5. The van der Waals surface area contributed by atoms with Crippen molar-refractivity contribution in [2.24, 2.45) is 17.8 Å². The topological polar surface area (TPSA) is 58.6 Å². The van der Waals surface area contributed by atoms with Crippen LogP contribution in [0.2, 0.25) is 0 Å². The van der Waals surface area contributed by atoms with Crippen LogP contribution in [0.3, 0.4) is 0 Å². The average molecular weight is 349 g/mol. The molecular weight excluding hydrogens is 326 g/mol. The summed E-state index contributed by atoms with van der Waals surface area (Å²) in [5.41, 5.74) is 3.96. The van der Waals surface area contributed by atoms with Crippen molar-refractivity contribution in [2.75, 3.05) is 12.4 Å². The van der Waals surface area contributed by atoms with Crippen LogP contribution in [0.5, 0.6) is 5.75 Å². The summed E-state index contributed by atoms with van der Waals surface area (Å²) in [6, 6.07) is 14.2. The number of fused-ring (bicyclic) bond motifs is 7. The van der Waals surface area contributed by atoms with Crippen molar-refractivity contribution in [3.63, 3.8) is 0 Å². The van der Waals surface area contributed by atoms with Crippen LogP contribution >= 0.6 is 0 Å². The third kappa shape index (κ3) is 2.24. The van der Waals surface area contributed by atoms with Gasteiger partial charge in [0.25, 0.3) is 0 Å². The van der Waals surface area contributed by atoms with Crippen molar-refractivity contribution >= 4 is 11.7 Å². The summed E-state index contributed by atoms with van der Waals surface area (Å²) in [5, 5.41) is 13.2. The number of methoxy groups -OCH3 is 1. The van der Waals surface area contributed by atoms with Crippen molar-refractivity contribution in [1.82, 2.24) is 0 Å². The normalized spacial score (nSPS) is 31.0. The second kappa shape index (κ2) is 5.76. The molecule has 0 spiro atoms. The molecule has 0 amide bonds. The molecule has 2 saturated carbocycles. The molecule has 26 heavy (non-hydrogen) atoms. The van der Waals surface area contributed by atoms with Gasteiger partial charge < -0.3 is 15.2 Å². The van der Waals surface area contributed by atoms with E-state index in [9.17, 15) is 9.90 Å². The molecule has 134 valence electrons. The monoisotopic (exact) mass is 349 g/mol. The van der Waals surface area contributed by atoms with E-state index in [1.165, 1.54) is 30.4 Å². The van der Waals surface area contributed by atoms with E-state index < -0.39 is 5.97 Å². The Balaban J connectivity index is 1.62. The van der Waals surface area contributed by atoms with Gasteiger partial charge in [0.1, 0.15) is 5.75 Å². The second-order valence-corrected chi connectivity index (χ2v) is 7.94. The summed E-state index contributed by atoms with van der Waals surface area (Å²) in [6.45, 7) is 0. The summed E-state index contributed by atoms with van der Waals surface area (Å²) >= 11 is 0. The first kappa shape index (κ1) is 15.7. The van der Waals surface area contributed by atoms with E-state index in [4.69, 9.17) is 4.74 Å². The van der Waals surface area contributed by atoms with Gasteiger partial charge in [-0.05, 0) is 84.4 Å². The van der Waals surface area contributed by atoms with Gasteiger partial charge in [-0.1, -0.05) is 12.1 Å². The molecule has 1 heterocycles. The molecule has 0 radical (unpaired) electrons. The van der Waals surface area contributed by atoms with Crippen LogP contribution in [-0.2, 0) is 0 Å². The molecular formula is C22H23NO3. The van der Waals surface area contributed by atoms with Crippen molar-refractivity contribution in [1.29, 1.82) is 0 Å². The zero-order valence-corrected chi connectivity index (χ0v) is 14.8. The number of hydrogen-bond donors (Lipinski definition) is 2. The van der Waals surface area contributed by atoms with Gasteiger partial charge in [-0.15, -0.1) is 0 Å². The third-order valence-electron chi connectivity index (χ3n) is 6.79. The number of ether oxygens (including phenoxy) is 1. The quantitative estimate of drug-likeness (QED) is 0.844. The van der Waals surface area contributed by atoms with Crippen LogP contribution < -0.4 is 10.1 Å². The Hall–Kier alpha value is -2.49. The van der Waals surface area contributed by atoms with Gasteiger partial charge in [-0.3, -0.25) is 0 Å². The lowest BCUT2D eigenvalue weighted by molar-refractivity contribution is 0.0696. The van der Waals surface area contributed by atoms with Crippen LogP contribution in [-0.4, -0.2) is 18.2 Å². The Kier molecular flexibility index (Phi) is 3.49. The summed E-state index contributed by atoms with van der Waals surface area (Å²) in [7, 11) is 1.70. The van der Waals surface area contributed by atoms with Crippen LogP contribution in [0.15, 0.2) is 42.5 Å². The third-order valence-corrected chi connectivity index (χ3v) is 6.79. The number of carbonyl (C=O) groups is 1. The van der Waals surface area contributed by atoms with Crippen molar-refractivity contribution in [3.05, 3.63) is 59.2 Å². The Bertz CT molecular complexity index is 877. The molecule has 5 rings (SSSR count). The van der Waals surface area contributed by atoms with Gasteiger partial charge in [0.15, 0.2) is 0 Å². The number of nitrogens with one attached hydrogen (secondary N) is 1. The standard InChI is InChI=1S/C22H23NO3/c1-26-16-4-2-3-14(10-16)21-20-13-6-5-12(9-13)19(20)17-11-15(22(24)25)7-8-18(17)23-21/h2-4,7-8,10-13,19-21,23H,5-6,9H2,1H3,(H,24,25)/t12-,13+,19+,20+,21-/m1/s1. The molecule has 0 saturated heterocycles. The highest BCUT2D eigenvalue weighted by molar-refractivity contribution is 5.88. The molecule has 2 fully saturated rings. The fourth-order valence-corrected chi connectivity index (χ4v) is 5.78. The zero-order valence-electron chi connectivity index (χ0n) is 14.8. The van der Waals surface area contributed by atoms with Gasteiger partial charge in [0.2, 0.25) is 0 Å². The highest BCUT2D eigenvalue weighted by Crippen LogP contribution is 2.63. The Morgan fingerprint density at radius 2 is 2.00 bits per heavy atom. The van der Waals surface area contributed by atoms with Gasteiger partial charge in [-0.2, -0.15) is 0 Å². The SMILES string of the molecule is COc1cccc([C@H]2Nc3ccc(C(=O)O)cc3[C@@H]3[C@@H]4CC[C@@H](C4)[C@@H]32)c1. The van der Waals surface area contributed by atoms with Gasteiger partial charge in [0.05, 0.1) is 18.7 Å². The van der Waals surface area contributed by atoms with E-state index >= 15 is 0 Å². The first-order valence-corrected chi connectivity index (χ1v) is 9.43. The smallest absolute Gasteiger partial charge is 0.335 e. The van der Waals surface area contributed by atoms with E-state index in [2.05, 4.69) is 23.5 Å². The molecule has 0 unspecified atom stereocenters. The highest BCUT2D eigenvalue weighted by Gasteiger charge is 2.53. The predicted molar refractivity (Wildman–Crippen MR) is 99.8 cm³/mol. The fourth-order valence-electron chi connectivity index (χ4n) is 5.78. The van der Waals surface area contributed by atoms with E-state index in [-0.39, 0.29) is 6.04 Å². The first-order chi connectivity index (χ1) is 12.7. The fraction of sp³-hybridized carbons (Fsp3) is 0.409. The minimum Gasteiger partial charge on any atom is -0.497 e. The summed E-state index contributed by atoms with van der Waals surface area (Å²) < 4.78 is 5.44. The molecule has 2 aliphatic carbocycles. The number of anilines is 1. The predicted octanol–water partition coefficient (Wildman–Crippen LogP) is 4.69. The highest BCUT2D eigenvalue weighted by atomic mass is 16.5. The summed E-state index contributed by atoms with van der Waals surface area (Å²) in [6.07, 6.45) is 3.84. The molecule has 1 aliphatic heterocycles. The van der Waals surface area contributed by atoms with Gasteiger partial charge in [-0.25, -0.2) is 4.79 Å². The maximum absolute atomic E-state index is 11.5. The number of carboxylic acids is 1. The molecule has 2 N–H and O–H groups in total. The van der Waals surface area contributed by atoms with Gasteiger partial charge in [0, 0.05) is 5.69 Å². The minimum absolute atomic E-state index is 0.258. The molecule has 5 atom stereocenters. The molecule has 0 aromatic heterocycles. The maximum atomic E-state index is 11.5. The number of carboxylic acid groups (broad SMARTS) is 1. The number of benzene rings is 2. The lowest BCUT2D eigenvalue weighted by Gasteiger charge is -2.43. The average Bonchev–Trinajstić information content (AvgIpc) is 3.29. The molecule has 3 aliphatic rings. The lowest BCUT2D eigenvalue weighted by atomic mass is 9.68. The molecule has 2 bridgehead atoms. The van der Waals surface area contributed by atoms with E-state index in [0.717, 1.165) is 17.4 Å². The van der Waals surface area contributed by atoms with Crippen LogP contribution in [0.1, 0.15) is 52.7 Å². The Morgan fingerprint density at radius 1 is 1.15 bits per heavy atom. The largest absolute Gasteiger partial charge is 0.497 e. The number of rotatable bonds is 3. The van der Waals surface area contributed by atoms with Gasteiger partial charge >= 0.3 is 5.97 Å². The van der Waals surface area contributed by atoms with Crippen LogP contribution in [0, 0.1) is 17.8 Å². The number of aromatic carboxylic acids is 1. The molecule has 2 aromatic carbocycles. The van der Waals surface area contributed by atoms with Crippen molar-refractivity contribution < 1.29 is 14.6 Å². The molecule has 4 nitrogen and oxygen atoms in total. The Labute approximate surface area is 153 Å². The van der Waals surface area contributed by atoms with Crippen LogP contribution in [0.4, 0.5) is 5.69 Å². The van der Waals surface area contributed by atoms with E-state index in [0.29, 0.717) is 23.3 Å². The van der Waals surface area contributed by atoms with Crippen LogP contribution in [0.25, 0.3) is 0 Å². The van der Waals surface area contributed by atoms with Crippen molar-refractivity contribution in [3.8, 4) is 5.75 Å². The maximum Gasteiger partial charge on any atom is 0.335 e. The summed E-state index contributed by atoms with van der Waals surface area (Å²) in [5.74, 6) is 2.43. The molecule has 2 aromatic rings. The second-order valence-electron chi connectivity index (χ2n) is 7.94. The first-order valence-electron chi connectivity index (χ1n) is 9.43. The number of hydrogen-bond acceptors (Lipinski definition) is 3. The van der Waals surface area contributed by atoms with E-state index in [1.54, 1.807) is 13.2 Å². The molecule has 4 heteroatoms. The van der Waals surface area contributed by atoms with E-state index in [1.807, 2.05) is 18.2 Å². The van der Waals surface area contributed by atoms with Crippen molar-refractivity contribution in [2.45, 2.75) is 31.2 Å². The minimum atomic E-state index is -0.845. The zero-order chi connectivity index (χ0) is 17.8.